The van der Waals surface area contributed by atoms with Crippen LogP contribution in [0.15, 0.2) is 18.2 Å². The third kappa shape index (κ3) is 3.37. The normalized spacial score (nSPS) is 10.2. The summed E-state index contributed by atoms with van der Waals surface area (Å²) in [6.45, 7) is 0. The van der Waals surface area contributed by atoms with Crippen LogP contribution in [-0.4, -0.2) is 43.2 Å². The Morgan fingerprint density at radius 1 is 1.25 bits per heavy atom. The molecular weight excluding hydrogens is 316 g/mol. The number of nitro groups is 1. The van der Waals surface area contributed by atoms with Crippen LogP contribution in [0, 0.1) is 10.1 Å². The average Bonchev–Trinajstić information content (AvgIpc) is 2.53. The van der Waals surface area contributed by atoms with E-state index in [0.717, 1.165) is 0 Å². The lowest BCUT2D eigenvalue weighted by atomic mass is 10.2. The topological polar surface area (TPSA) is 129 Å². The number of nitrogens with one attached hydrogen (secondary N) is 1. The van der Waals surface area contributed by atoms with Gasteiger partial charge in [0.1, 0.15) is 11.5 Å². The predicted molar refractivity (Wildman–Crippen MR) is 90.3 cm³/mol. The molecule has 0 saturated heterocycles. The van der Waals surface area contributed by atoms with Gasteiger partial charge in [0.2, 0.25) is 17.6 Å². The molecule has 0 radical (unpaired) electrons. The maximum atomic E-state index is 11.3. The molecule has 10 heteroatoms. The van der Waals surface area contributed by atoms with E-state index >= 15 is 0 Å². The molecule has 0 saturated carbocycles. The summed E-state index contributed by atoms with van der Waals surface area (Å²) < 4.78 is 10.4. The van der Waals surface area contributed by atoms with Gasteiger partial charge < -0.3 is 25.4 Å². The zero-order chi connectivity index (χ0) is 17.9. The SMILES string of the molecule is COc1ccc(OC)c(Nc2nc(N(C)C)nc(N)c2[N+](=O)[O-])c1. The highest BCUT2D eigenvalue weighted by atomic mass is 16.6. The van der Waals surface area contributed by atoms with Crippen molar-refractivity contribution in [2.24, 2.45) is 0 Å². The number of rotatable bonds is 6. The summed E-state index contributed by atoms with van der Waals surface area (Å²) in [5, 5.41) is 14.2. The number of methoxy groups -OCH3 is 2. The lowest BCUT2D eigenvalue weighted by Gasteiger charge is -2.15. The van der Waals surface area contributed by atoms with Crippen LogP contribution in [-0.2, 0) is 0 Å². The molecule has 0 bridgehead atoms. The van der Waals surface area contributed by atoms with Crippen molar-refractivity contribution in [3.8, 4) is 11.5 Å². The summed E-state index contributed by atoms with van der Waals surface area (Å²) in [6, 6.07) is 5.01. The van der Waals surface area contributed by atoms with Crippen LogP contribution >= 0.6 is 0 Å². The zero-order valence-corrected chi connectivity index (χ0v) is 13.7. The molecule has 1 aromatic carbocycles. The first-order valence-corrected chi connectivity index (χ1v) is 6.85. The maximum Gasteiger partial charge on any atom is 0.353 e. The van der Waals surface area contributed by atoms with Crippen molar-refractivity contribution in [2.75, 3.05) is 44.3 Å². The molecule has 2 rings (SSSR count). The van der Waals surface area contributed by atoms with E-state index in [0.29, 0.717) is 17.2 Å². The van der Waals surface area contributed by atoms with Gasteiger partial charge in [0.15, 0.2) is 0 Å². The summed E-state index contributed by atoms with van der Waals surface area (Å²) in [4.78, 5) is 20.4. The van der Waals surface area contributed by atoms with Gasteiger partial charge >= 0.3 is 5.69 Å². The predicted octanol–water partition coefficient (Wildman–Crippen LogP) is 1.79. The maximum absolute atomic E-state index is 11.3. The van der Waals surface area contributed by atoms with Gasteiger partial charge in [0.25, 0.3) is 0 Å². The molecule has 24 heavy (non-hydrogen) atoms. The summed E-state index contributed by atoms with van der Waals surface area (Å²) in [5.41, 5.74) is 5.76. The fourth-order valence-corrected chi connectivity index (χ4v) is 1.97. The quantitative estimate of drug-likeness (QED) is 0.600. The smallest absolute Gasteiger partial charge is 0.353 e. The molecule has 1 aromatic heterocycles. The lowest BCUT2D eigenvalue weighted by Crippen LogP contribution is -2.16. The number of ether oxygens (including phenoxy) is 2. The van der Waals surface area contributed by atoms with E-state index in [4.69, 9.17) is 15.2 Å². The van der Waals surface area contributed by atoms with Gasteiger partial charge in [0, 0.05) is 20.2 Å². The molecule has 0 aliphatic heterocycles. The average molecular weight is 334 g/mol. The van der Waals surface area contributed by atoms with Crippen LogP contribution in [0.3, 0.4) is 0 Å². The molecule has 0 atom stereocenters. The Bertz CT molecular complexity index is 765. The van der Waals surface area contributed by atoms with E-state index in [2.05, 4.69) is 15.3 Å². The molecule has 0 amide bonds. The minimum absolute atomic E-state index is 0.0391. The molecule has 0 aliphatic rings. The molecule has 0 unspecified atom stereocenters. The van der Waals surface area contributed by atoms with Gasteiger partial charge in [-0.3, -0.25) is 10.1 Å². The highest BCUT2D eigenvalue weighted by molar-refractivity contribution is 5.77. The Labute approximate surface area is 138 Å². The Balaban J connectivity index is 2.58. The largest absolute Gasteiger partial charge is 0.497 e. The van der Waals surface area contributed by atoms with Gasteiger partial charge in [-0.1, -0.05) is 0 Å². The van der Waals surface area contributed by atoms with Crippen LogP contribution in [0.25, 0.3) is 0 Å². The van der Waals surface area contributed by atoms with Crippen LogP contribution in [0.1, 0.15) is 0 Å². The Kier molecular flexibility index (Phi) is 4.87. The molecular formula is C14H18N6O4. The van der Waals surface area contributed by atoms with Crippen LogP contribution in [0.5, 0.6) is 11.5 Å². The number of aromatic nitrogens is 2. The first-order chi connectivity index (χ1) is 11.4. The number of nitrogen functional groups attached to an aromatic ring is 1. The summed E-state index contributed by atoms with van der Waals surface area (Å²) in [7, 11) is 6.41. The van der Waals surface area contributed by atoms with Crippen molar-refractivity contribution in [1.82, 2.24) is 9.97 Å². The highest BCUT2D eigenvalue weighted by Gasteiger charge is 2.24. The van der Waals surface area contributed by atoms with E-state index in [1.54, 1.807) is 37.2 Å². The van der Waals surface area contributed by atoms with E-state index in [1.807, 2.05) is 0 Å². The van der Waals surface area contributed by atoms with Crippen molar-refractivity contribution in [1.29, 1.82) is 0 Å². The van der Waals surface area contributed by atoms with Gasteiger partial charge in [0.05, 0.1) is 24.8 Å². The fourth-order valence-electron chi connectivity index (χ4n) is 1.97. The first kappa shape index (κ1) is 17.1. The molecule has 2 aromatic rings. The Morgan fingerprint density at radius 3 is 2.50 bits per heavy atom. The van der Waals surface area contributed by atoms with Crippen molar-refractivity contribution >= 4 is 29.0 Å². The molecule has 0 aliphatic carbocycles. The number of nitrogens with zero attached hydrogens (tertiary/aromatic N) is 4. The van der Waals surface area contributed by atoms with E-state index < -0.39 is 10.6 Å². The second-order valence-corrected chi connectivity index (χ2v) is 4.95. The number of nitrogens with two attached hydrogens (primary N) is 1. The molecule has 10 nitrogen and oxygen atoms in total. The number of benzene rings is 1. The van der Waals surface area contributed by atoms with Gasteiger partial charge in [-0.05, 0) is 12.1 Å². The van der Waals surface area contributed by atoms with Gasteiger partial charge in [-0.15, -0.1) is 0 Å². The molecule has 0 spiro atoms. The van der Waals surface area contributed by atoms with E-state index in [-0.39, 0.29) is 17.6 Å². The Morgan fingerprint density at radius 2 is 1.96 bits per heavy atom. The van der Waals surface area contributed by atoms with E-state index in [1.165, 1.54) is 14.2 Å². The second-order valence-electron chi connectivity index (χ2n) is 4.95. The Hall–Kier alpha value is -3.30. The van der Waals surface area contributed by atoms with Crippen molar-refractivity contribution in [2.45, 2.75) is 0 Å². The van der Waals surface area contributed by atoms with Crippen LogP contribution in [0.4, 0.5) is 29.0 Å². The summed E-state index contributed by atoms with van der Waals surface area (Å²) in [5.74, 6) is 0.984. The summed E-state index contributed by atoms with van der Waals surface area (Å²) in [6.07, 6.45) is 0. The monoisotopic (exact) mass is 334 g/mol. The van der Waals surface area contributed by atoms with Crippen LogP contribution in [0.2, 0.25) is 0 Å². The lowest BCUT2D eigenvalue weighted by molar-refractivity contribution is -0.383. The summed E-state index contributed by atoms with van der Waals surface area (Å²) >= 11 is 0. The standard InChI is InChI=1S/C14H18N6O4/c1-19(2)14-17-12(15)11(20(21)22)13(18-14)16-9-7-8(23-3)5-6-10(9)24-4/h5-7H,1-4H3,(H3,15,16,17,18). The first-order valence-electron chi connectivity index (χ1n) is 6.85. The van der Waals surface area contributed by atoms with Crippen LogP contribution < -0.4 is 25.4 Å². The number of hydrogen-bond donors (Lipinski definition) is 2. The third-order valence-electron chi connectivity index (χ3n) is 3.14. The minimum Gasteiger partial charge on any atom is -0.497 e. The zero-order valence-electron chi connectivity index (χ0n) is 13.7. The second kappa shape index (κ2) is 6.86. The minimum atomic E-state index is -0.635. The fraction of sp³-hybridized carbons (Fsp3) is 0.286. The van der Waals surface area contributed by atoms with Gasteiger partial charge in [-0.2, -0.15) is 9.97 Å². The third-order valence-corrected chi connectivity index (χ3v) is 3.14. The molecule has 0 fully saturated rings. The molecule has 128 valence electrons. The van der Waals surface area contributed by atoms with E-state index in [9.17, 15) is 10.1 Å². The highest BCUT2D eigenvalue weighted by Crippen LogP contribution is 2.36. The number of anilines is 4. The molecule has 1 heterocycles. The van der Waals surface area contributed by atoms with Crippen molar-refractivity contribution in [3.05, 3.63) is 28.3 Å². The van der Waals surface area contributed by atoms with Crippen molar-refractivity contribution < 1.29 is 14.4 Å². The molecule has 3 N–H and O–H groups in total. The van der Waals surface area contributed by atoms with Gasteiger partial charge in [-0.25, -0.2) is 0 Å². The number of hydrogen-bond acceptors (Lipinski definition) is 9. The van der Waals surface area contributed by atoms with Crippen molar-refractivity contribution in [3.63, 3.8) is 0 Å².